The van der Waals surface area contributed by atoms with Gasteiger partial charge in [-0.1, -0.05) is 0 Å². The van der Waals surface area contributed by atoms with Gasteiger partial charge in [-0.05, 0) is 40.1 Å². The molecular weight excluding hydrogens is 202 g/mol. The van der Waals surface area contributed by atoms with Crippen LogP contribution in [0.4, 0.5) is 5.69 Å². The number of aliphatic hydroxyl groups is 1. The quantitative estimate of drug-likeness (QED) is 0.785. The molecule has 0 spiro atoms. The monoisotopic (exact) mass is 223 g/mol. The maximum atomic E-state index is 10.1. The summed E-state index contributed by atoms with van der Waals surface area (Å²) in [5, 5.41) is 13.3. The maximum absolute atomic E-state index is 10.1. The number of anilines is 1. The number of aromatic nitrogens is 1. The summed E-state index contributed by atoms with van der Waals surface area (Å²) in [5.41, 5.74) is 1.23. The molecule has 0 aliphatic carbocycles. The molecule has 2 N–H and O–H groups in total. The Bertz CT molecular complexity index is 337. The second kappa shape index (κ2) is 5.27. The molecule has 1 rings (SSSR count). The Morgan fingerprint density at radius 2 is 2.19 bits per heavy atom. The van der Waals surface area contributed by atoms with Gasteiger partial charge in [0.25, 0.3) is 0 Å². The third kappa shape index (κ3) is 4.59. The first-order valence-electron chi connectivity index (χ1n) is 5.43. The molecule has 16 heavy (non-hydrogen) atoms. The van der Waals surface area contributed by atoms with Gasteiger partial charge in [-0.25, -0.2) is 0 Å². The minimum atomic E-state index is -0.735. The highest BCUT2D eigenvalue weighted by atomic mass is 16.3. The molecule has 1 atom stereocenters. The first-order valence-corrected chi connectivity index (χ1v) is 5.43. The molecule has 4 heteroatoms. The fraction of sp³-hybridized carbons (Fsp3) is 0.583. The molecule has 4 nitrogen and oxygen atoms in total. The zero-order valence-electron chi connectivity index (χ0n) is 10.5. The molecule has 0 fully saturated rings. The van der Waals surface area contributed by atoms with E-state index in [1.165, 1.54) is 0 Å². The van der Waals surface area contributed by atoms with Crippen molar-refractivity contribution >= 4 is 5.69 Å². The van der Waals surface area contributed by atoms with Crippen molar-refractivity contribution in [3.05, 3.63) is 24.0 Å². The zero-order chi connectivity index (χ0) is 12.2. The molecule has 0 aliphatic heterocycles. The Morgan fingerprint density at radius 3 is 2.75 bits per heavy atom. The topological polar surface area (TPSA) is 48.4 Å². The smallest absolute Gasteiger partial charge is 0.0917 e. The molecule has 1 heterocycles. The number of hydrogen-bond donors (Lipinski definition) is 2. The number of aryl methyl sites for hydroxylation is 1. The fourth-order valence-electron chi connectivity index (χ4n) is 1.69. The van der Waals surface area contributed by atoms with Crippen LogP contribution in [-0.4, -0.2) is 47.8 Å². The van der Waals surface area contributed by atoms with Crippen LogP contribution in [0.2, 0.25) is 0 Å². The predicted octanol–water partition coefficient (Wildman–Crippen LogP) is 1.11. The van der Waals surface area contributed by atoms with Crippen molar-refractivity contribution in [2.75, 3.05) is 32.5 Å². The Labute approximate surface area is 97.3 Å². The highest BCUT2D eigenvalue weighted by molar-refractivity contribution is 5.43. The van der Waals surface area contributed by atoms with Crippen LogP contribution in [0.5, 0.6) is 0 Å². The molecule has 90 valence electrons. The summed E-state index contributed by atoms with van der Waals surface area (Å²) in [7, 11) is 3.90. The van der Waals surface area contributed by atoms with Crippen LogP contribution in [0.3, 0.4) is 0 Å². The van der Waals surface area contributed by atoms with Crippen LogP contribution < -0.4 is 5.32 Å². The van der Waals surface area contributed by atoms with Crippen LogP contribution in [-0.2, 0) is 0 Å². The average Bonchev–Trinajstić information content (AvgIpc) is 2.13. The summed E-state index contributed by atoms with van der Waals surface area (Å²) in [6.07, 6.45) is 1.76. The van der Waals surface area contributed by atoms with Crippen molar-refractivity contribution < 1.29 is 5.11 Å². The van der Waals surface area contributed by atoms with E-state index in [1.54, 1.807) is 6.20 Å². The Balaban J connectivity index is 2.50. The first-order chi connectivity index (χ1) is 7.39. The molecule has 1 aromatic heterocycles. The number of hydrogen-bond acceptors (Lipinski definition) is 4. The predicted molar refractivity (Wildman–Crippen MR) is 66.6 cm³/mol. The van der Waals surface area contributed by atoms with Gasteiger partial charge in [0.1, 0.15) is 0 Å². The van der Waals surface area contributed by atoms with Gasteiger partial charge < -0.3 is 15.3 Å². The number of rotatable bonds is 5. The van der Waals surface area contributed by atoms with Gasteiger partial charge in [-0.2, -0.15) is 0 Å². The van der Waals surface area contributed by atoms with Crippen LogP contribution in [0, 0.1) is 6.92 Å². The largest absolute Gasteiger partial charge is 0.387 e. The Hall–Kier alpha value is -1.13. The van der Waals surface area contributed by atoms with E-state index in [0.29, 0.717) is 13.1 Å². The minimum absolute atomic E-state index is 0.522. The van der Waals surface area contributed by atoms with Gasteiger partial charge in [-0.3, -0.25) is 4.98 Å². The van der Waals surface area contributed by atoms with Crippen molar-refractivity contribution in [3.63, 3.8) is 0 Å². The van der Waals surface area contributed by atoms with Gasteiger partial charge in [0.15, 0.2) is 0 Å². The van der Waals surface area contributed by atoms with E-state index in [4.69, 9.17) is 0 Å². The van der Waals surface area contributed by atoms with Crippen molar-refractivity contribution in [1.29, 1.82) is 0 Å². The number of nitrogens with zero attached hydrogens (tertiary/aromatic N) is 2. The van der Waals surface area contributed by atoms with E-state index in [1.807, 2.05) is 45.0 Å². The third-order valence-corrected chi connectivity index (χ3v) is 2.23. The standard InChI is InChI=1S/C12H21N3O/c1-10-7-11(5-6-13-10)14-8-12(2,16)9-15(3)4/h5-7,16H,8-9H2,1-4H3,(H,13,14). The molecule has 0 amide bonds. The zero-order valence-corrected chi connectivity index (χ0v) is 10.5. The highest BCUT2D eigenvalue weighted by Gasteiger charge is 2.20. The van der Waals surface area contributed by atoms with Gasteiger partial charge in [0.2, 0.25) is 0 Å². The summed E-state index contributed by atoms with van der Waals surface area (Å²) in [4.78, 5) is 6.09. The SMILES string of the molecule is Cc1cc(NCC(C)(O)CN(C)C)ccn1. The molecule has 0 bridgehead atoms. The fourth-order valence-corrected chi connectivity index (χ4v) is 1.69. The van der Waals surface area contributed by atoms with Gasteiger partial charge in [-0.15, -0.1) is 0 Å². The Kier molecular flexibility index (Phi) is 4.26. The first kappa shape index (κ1) is 12.9. The summed E-state index contributed by atoms with van der Waals surface area (Å²) >= 11 is 0. The maximum Gasteiger partial charge on any atom is 0.0917 e. The molecule has 0 aliphatic rings. The molecule has 0 saturated carbocycles. The lowest BCUT2D eigenvalue weighted by Gasteiger charge is -2.27. The van der Waals surface area contributed by atoms with E-state index in [9.17, 15) is 5.11 Å². The second-order valence-corrected chi connectivity index (χ2v) is 4.77. The minimum Gasteiger partial charge on any atom is -0.387 e. The molecule has 1 unspecified atom stereocenters. The summed E-state index contributed by atoms with van der Waals surface area (Å²) in [6.45, 7) is 4.93. The van der Waals surface area contributed by atoms with Gasteiger partial charge in [0.05, 0.1) is 5.60 Å². The van der Waals surface area contributed by atoms with Gasteiger partial charge in [0, 0.05) is 30.7 Å². The van der Waals surface area contributed by atoms with Crippen molar-refractivity contribution in [1.82, 2.24) is 9.88 Å². The second-order valence-electron chi connectivity index (χ2n) is 4.77. The van der Waals surface area contributed by atoms with E-state index >= 15 is 0 Å². The van der Waals surface area contributed by atoms with Crippen molar-refractivity contribution in [2.24, 2.45) is 0 Å². The lowest BCUT2D eigenvalue weighted by molar-refractivity contribution is 0.0460. The third-order valence-electron chi connectivity index (χ3n) is 2.23. The van der Waals surface area contributed by atoms with Gasteiger partial charge >= 0.3 is 0 Å². The van der Waals surface area contributed by atoms with Crippen molar-refractivity contribution in [2.45, 2.75) is 19.4 Å². The summed E-state index contributed by atoms with van der Waals surface area (Å²) < 4.78 is 0. The van der Waals surface area contributed by atoms with E-state index < -0.39 is 5.60 Å². The van der Waals surface area contributed by atoms with Crippen LogP contribution in [0.15, 0.2) is 18.3 Å². The average molecular weight is 223 g/mol. The Morgan fingerprint density at radius 1 is 1.50 bits per heavy atom. The van der Waals surface area contributed by atoms with E-state index in [0.717, 1.165) is 11.4 Å². The summed E-state index contributed by atoms with van der Waals surface area (Å²) in [6, 6.07) is 3.87. The number of nitrogens with one attached hydrogen (secondary N) is 1. The van der Waals surface area contributed by atoms with Crippen LogP contribution >= 0.6 is 0 Å². The summed E-state index contributed by atoms with van der Waals surface area (Å²) in [5.74, 6) is 0. The molecule has 1 aromatic rings. The van der Waals surface area contributed by atoms with Crippen LogP contribution in [0.1, 0.15) is 12.6 Å². The van der Waals surface area contributed by atoms with Crippen LogP contribution in [0.25, 0.3) is 0 Å². The number of pyridine rings is 1. The van der Waals surface area contributed by atoms with E-state index in [2.05, 4.69) is 10.3 Å². The van der Waals surface area contributed by atoms with E-state index in [-0.39, 0.29) is 0 Å². The lowest BCUT2D eigenvalue weighted by Crippen LogP contribution is -2.43. The lowest BCUT2D eigenvalue weighted by atomic mass is 10.1. The highest BCUT2D eigenvalue weighted by Crippen LogP contribution is 2.10. The number of likely N-dealkylation sites (N-methyl/N-ethyl adjacent to an activating group) is 1. The molecular formula is C12H21N3O. The normalized spacial score (nSPS) is 14.9. The molecule has 0 radical (unpaired) electrons. The van der Waals surface area contributed by atoms with Crippen molar-refractivity contribution in [3.8, 4) is 0 Å². The molecule has 0 saturated heterocycles. The molecule has 0 aromatic carbocycles.